The molecule has 0 radical (unpaired) electrons. The Bertz CT molecular complexity index is 1090. The molecule has 2 aromatic heterocycles. The summed E-state index contributed by atoms with van der Waals surface area (Å²) in [6, 6.07) is 4.27. The number of amides is 1. The molecule has 1 aliphatic rings. The van der Waals surface area contributed by atoms with Crippen molar-refractivity contribution in [3.63, 3.8) is 0 Å². The Hall–Kier alpha value is -3.13. The lowest BCUT2D eigenvalue weighted by Crippen LogP contribution is -2.44. The molecule has 1 amide bonds. The van der Waals surface area contributed by atoms with Gasteiger partial charge in [-0.15, -0.1) is 0 Å². The Morgan fingerprint density at radius 3 is 2.86 bits per heavy atom. The molecule has 0 saturated heterocycles. The maximum absolute atomic E-state index is 13.9. The van der Waals surface area contributed by atoms with Crippen LogP contribution in [0.3, 0.4) is 0 Å². The van der Waals surface area contributed by atoms with Crippen LogP contribution in [0.5, 0.6) is 0 Å². The van der Waals surface area contributed by atoms with E-state index in [1.54, 1.807) is 37.1 Å². The molecule has 1 aliphatic heterocycles. The Kier molecular flexibility index (Phi) is 4.87. The molecule has 4 rings (SSSR count). The SMILES string of the molecule is Cc1ccc(-c2nc(-c3c(C)ncc4c3CCN(C(=O)C(C)N)C4)no2)cc1F. The van der Waals surface area contributed by atoms with E-state index >= 15 is 0 Å². The summed E-state index contributed by atoms with van der Waals surface area (Å²) in [5, 5.41) is 4.12. The normalized spacial score (nSPS) is 14.6. The van der Waals surface area contributed by atoms with Crippen LogP contribution in [0.4, 0.5) is 4.39 Å². The van der Waals surface area contributed by atoms with E-state index in [0.717, 1.165) is 22.4 Å². The lowest BCUT2D eigenvalue weighted by molar-refractivity contribution is -0.133. The van der Waals surface area contributed by atoms with E-state index in [2.05, 4.69) is 15.1 Å². The van der Waals surface area contributed by atoms with E-state index in [-0.39, 0.29) is 17.6 Å². The number of hydrogen-bond acceptors (Lipinski definition) is 6. The van der Waals surface area contributed by atoms with Crippen molar-refractivity contribution in [2.45, 2.75) is 39.8 Å². The van der Waals surface area contributed by atoms with Gasteiger partial charge in [0.25, 0.3) is 5.89 Å². The average molecular weight is 395 g/mol. The van der Waals surface area contributed by atoms with E-state index in [9.17, 15) is 9.18 Å². The number of nitrogens with zero attached hydrogens (tertiary/aromatic N) is 4. The van der Waals surface area contributed by atoms with Crippen LogP contribution in [0.25, 0.3) is 22.8 Å². The predicted octanol–water partition coefficient (Wildman–Crippen LogP) is 2.79. The Balaban J connectivity index is 1.70. The molecule has 8 heteroatoms. The van der Waals surface area contributed by atoms with Gasteiger partial charge in [-0.2, -0.15) is 4.98 Å². The summed E-state index contributed by atoms with van der Waals surface area (Å²) in [7, 11) is 0. The smallest absolute Gasteiger partial charge is 0.258 e. The van der Waals surface area contributed by atoms with Gasteiger partial charge in [-0.3, -0.25) is 9.78 Å². The third-order valence-electron chi connectivity index (χ3n) is 5.23. The van der Waals surface area contributed by atoms with E-state index in [0.29, 0.717) is 36.5 Å². The first-order valence-corrected chi connectivity index (χ1v) is 9.47. The molecule has 150 valence electrons. The van der Waals surface area contributed by atoms with Gasteiger partial charge >= 0.3 is 0 Å². The molecule has 7 nitrogen and oxygen atoms in total. The lowest BCUT2D eigenvalue weighted by Gasteiger charge is -2.31. The number of halogens is 1. The van der Waals surface area contributed by atoms with Gasteiger partial charge in [0.2, 0.25) is 11.7 Å². The fourth-order valence-corrected chi connectivity index (χ4v) is 3.59. The van der Waals surface area contributed by atoms with Gasteiger partial charge in [-0.25, -0.2) is 4.39 Å². The van der Waals surface area contributed by atoms with E-state index in [4.69, 9.17) is 10.3 Å². The zero-order valence-electron chi connectivity index (χ0n) is 16.6. The first kappa shape index (κ1) is 19.2. The van der Waals surface area contributed by atoms with Crippen molar-refractivity contribution in [1.82, 2.24) is 20.0 Å². The summed E-state index contributed by atoms with van der Waals surface area (Å²) in [4.78, 5) is 22.9. The van der Waals surface area contributed by atoms with Crippen LogP contribution in [0.15, 0.2) is 28.9 Å². The third-order valence-corrected chi connectivity index (χ3v) is 5.23. The molecule has 3 aromatic rings. The number of aryl methyl sites for hydroxylation is 2. The summed E-state index contributed by atoms with van der Waals surface area (Å²) in [5.41, 5.74) is 10.4. The molecule has 2 N–H and O–H groups in total. The molecule has 0 fully saturated rings. The van der Waals surface area contributed by atoms with Crippen LogP contribution in [0.2, 0.25) is 0 Å². The molecule has 29 heavy (non-hydrogen) atoms. The summed E-state index contributed by atoms with van der Waals surface area (Å²) >= 11 is 0. The largest absolute Gasteiger partial charge is 0.337 e. The quantitative estimate of drug-likeness (QED) is 0.732. The number of carbonyl (C=O) groups is 1. The molecular formula is C21H22FN5O2. The number of nitrogens with two attached hydrogens (primary N) is 1. The number of aromatic nitrogens is 3. The monoisotopic (exact) mass is 395 g/mol. The fraction of sp³-hybridized carbons (Fsp3) is 0.333. The maximum Gasteiger partial charge on any atom is 0.258 e. The molecule has 0 bridgehead atoms. The second kappa shape index (κ2) is 7.36. The third kappa shape index (κ3) is 3.51. The van der Waals surface area contributed by atoms with Crippen LogP contribution >= 0.6 is 0 Å². The molecule has 1 atom stereocenters. The number of pyridine rings is 1. The van der Waals surface area contributed by atoms with Crippen molar-refractivity contribution in [1.29, 1.82) is 0 Å². The van der Waals surface area contributed by atoms with E-state index in [1.165, 1.54) is 6.07 Å². The Morgan fingerprint density at radius 2 is 2.14 bits per heavy atom. The minimum Gasteiger partial charge on any atom is -0.337 e. The number of hydrogen-bond donors (Lipinski definition) is 1. The Labute approximate surface area is 167 Å². The van der Waals surface area contributed by atoms with Gasteiger partial charge in [-0.1, -0.05) is 11.2 Å². The minimum absolute atomic E-state index is 0.0824. The molecule has 0 aliphatic carbocycles. The van der Waals surface area contributed by atoms with Gasteiger partial charge in [0.1, 0.15) is 5.82 Å². The topological polar surface area (TPSA) is 98.1 Å². The van der Waals surface area contributed by atoms with Gasteiger partial charge < -0.3 is 15.2 Å². The van der Waals surface area contributed by atoms with Crippen LogP contribution in [-0.2, 0) is 17.8 Å². The maximum atomic E-state index is 13.9. The summed E-state index contributed by atoms with van der Waals surface area (Å²) in [6.07, 6.45) is 2.43. The van der Waals surface area contributed by atoms with Gasteiger partial charge in [0.05, 0.1) is 6.04 Å². The van der Waals surface area contributed by atoms with Crippen molar-refractivity contribution in [2.24, 2.45) is 5.73 Å². The van der Waals surface area contributed by atoms with Gasteiger partial charge in [0, 0.05) is 36.1 Å². The van der Waals surface area contributed by atoms with Crippen molar-refractivity contribution in [3.8, 4) is 22.8 Å². The molecular weight excluding hydrogens is 373 g/mol. The highest BCUT2D eigenvalue weighted by Crippen LogP contribution is 2.32. The van der Waals surface area contributed by atoms with Crippen LogP contribution in [0.1, 0.15) is 29.3 Å². The number of fused-ring (bicyclic) bond motifs is 1. The van der Waals surface area contributed by atoms with E-state index < -0.39 is 6.04 Å². The van der Waals surface area contributed by atoms with Crippen LogP contribution in [-0.4, -0.2) is 38.5 Å². The zero-order valence-corrected chi connectivity index (χ0v) is 16.6. The second-order valence-corrected chi connectivity index (χ2v) is 7.41. The van der Waals surface area contributed by atoms with Crippen molar-refractivity contribution in [2.75, 3.05) is 6.54 Å². The predicted molar refractivity (Wildman–Crippen MR) is 105 cm³/mol. The van der Waals surface area contributed by atoms with Crippen molar-refractivity contribution >= 4 is 5.91 Å². The molecule has 1 unspecified atom stereocenters. The van der Waals surface area contributed by atoms with Gasteiger partial charge in [0.15, 0.2) is 0 Å². The average Bonchev–Trinajstić information content (AvgIpc) is 3.18. The highest BCUT2D eigenvalue weighted by atomic mass is 19.1. The first-order valence-electron chi connectivity index (χ1n) is 9.47. The molecule has 3 heterocycles. The zero-order chi connectivity index (χ0) is 20.7. The highest BCUT2D eigenvalue weighted by Gasteiger charge is 2.27. The number of carbonyl (C=O) groups excluding carboxylic acids is 1. The Morgan fingerprint density at radius 1 is 1.34 bits per heavy atom. The standard InChI is InChI=1S/C21H22FN5O2/c1-11-4-5-14(8-17(11)22)20-25-19(26-29-20)18-13(3)24-9-15-10-27(7-6-16(15)18)21(28)12(2)23/h4-5,8-9,12H,6-7,10,23H2,1-3H3. The lowest BCUT2D eigenvalue weighted by atomic mass is 9.94. The second-order valence-electron chi connectivity index (χ2n) is 7.41. The van der Waals surface area contributed by atoms with Crippen LogP contribution in [0, 0.1) is 19.7 Å². The van der Waals surface area contributed by atoms with Crippen molar-refractivity contribution < 1.29 is 13.7 Å². The minimum atomic E-state index is -0.538. The molecule has 0 saturated carbocycles. The summed E-state index contributed by atoms with van der Waals surface area (Å²) < 4.78 is 19.3. The highest BCUT2D eigenvalue weighted by molar-refractivity contribution is 5.81. The van der Waals surface area contributed by atoms with Gasteiger partial charge in [-0.05, 0) is 56.0 Å². The van der Waals surface area contributed by atoms with Crippen molar-refractivity contribution in [3.05, 3.63) is 52.6 Å². The van der Waals surface area contributed by atoms with Crippen LogP contribution < -0.4 is 5.73 Å². The summed E-state index contributed by atoms with van der Waals surface area (Å²) in [5.74, 6) is 0.257. The molecule has 0 spiro atoms. The fourth-order valence-electron chi connectivity index (χ4n) is 3.59. The first-order chi connectivity index (χ1) is 13.8. The van der Waals surface area contributed by atoms with E-state index in [1.807, 2.05) is 6.92 Å². The number of benzene rings is 1. The molecule has 1 aromatic carbocycles. The number of rotatable bonds is 3. The summed E-state index contributed by atoms with van der Waals surface area (Å²) in [6.45, 7) is 6.28.